The highest BCUT2D eigenvalue weighted by atomic mass is 32.2. The summed E-state index contributed by atoms with van der Waals surface area (Å²) in [5, 5.41) is 7.59. The second kappa shape index (κ2) is 82.5. The van der Waals surface area contributed by atoms with Crippen molar-refractivity contribution in [1.82, 2.24) is 49.8 Å². The third-order valence-electron chi connectivity index (χ3n) is 23.1. The first kappa shape index (κ1) is 142. The van der Waals surface area contributed by atoms with E-state index >= 15 is 0 Å². The maximum atomic E-state index is 11.3. The number of sulfone groups is 6. The van der Waals surface area contributed by atoms with Crippen molar-refractivity contribution in [3.8, 4) is 0 Å². The van der Waals surface area contributed by atoms with Gasteiger partial charge in [-0.1, -0.05) is 187 Å². The molecule has 0 saturated carbocycles. The van der Waals surface area contributed by atoms with Crippen molar-refractivity contribution >= 4 is 103 Å². The highest BCUT2D eigenvalue weighted by molar-refractivity contribution is 7.99. The quantitative estimate of drug-likeness (QED) is 0.0535. The van der Waals surface area contributed by atoms with Gasteiger partial charge in [-0.2, -0.15) is 11.8 Å². The zero-order valence-electron chi connectivity index (χ0n) is 90.8. The summed E-state index contributed by atoms with van der Waals surface area (Å²) in [7, 11) is -14.5. The molecule has 0 radical (unpaired) electrons. The van der Waals surface area contributed by atoms with Gasteiger partial charge in [0.05, 0.1) is 38.8 Å². The molecule has 0 spiro atoms. The summed E-state index contributed by atoms with van der Waals surface area (Å²) in [5.74, 6) is 12.4. The monoisotopic (exact) mass is 2070 g/mol. The SMILES string of the molecule is CC(C)CCN1CC(S(C)(=O)=O)C1.CC(C)CCN1CC(S(C)=O)C1.CC(C)CCN1CCC(S(C)(=O)=O)C1.CCN(CCC(C)C)CCS(=O)(=O)CC.CCN(CCC(C)C)CCS(C)(=O)=O.CCS(=O)(=O)CCN(C)CCC(C)C.CCS(=O)(=O)CCNCCC(C)C.CCS(=O)CCN(C)CCC(C)C.CCS(=O)CCNCCC(C)C.CSC1CN(CCC(C)C)C1. The first-order chi connectivity index (χ1) is 60.4. The molecule has 4 fully saturated rings. The molecule has 4 unspecified atom stereocenters. The Bertz CT molecular complexity index is 3450. The van der Waals surface area contributed by atoms with Gasteiger partial charge in [-0.05, 0) is 235 Å². The Hall–Kier alpha value is 0.1000. The van der Waals surface area contributed by atoms with Crippen LogP contribution in [-0.2, 0) is 91.4 Å². The molecule has 131 heavy (non-hydrogen) atoms. The summed E-state index contributed by atoms with van der Waals surface area (Å²) >= 11 is 2.01. The molecule has 0 aromatic carbocycles. The number of hydrogen-bond donors (Lipinski definition) is 2. The number of nitrogens with one attached hydrogen (secondary N) is 2. The molecule has 798 valence electrons. The van der Waals surface area contributed by atoms with Crippen LogP contribution in [0.2, 0.25) is 0 Å². The Morgan fingerprint density at radius 1 is 0.351 bits per heavy atom. The van der Waals surface area contributed by atoms with Gasteiger partial charge in [0.15, 0.2) is 49.2 Å². The molecule has 4 heterocycles. The van der Waals surface area contributed by atoms with E-state index in [9.17, 15) is 63.1 Å². The normalized spacial score (nSPS) is 16.5. The van der Waals surface area contributed by atoms with Crippen molar-refractivity contribution in [2.24, 2.45) is 59.2 Å². The molecule has 4 atom stereocenters. The molecule has 4 aliphatic rings. The number of thioether (sulfide) groups is 1. The number of hydrogen-bond acceptors (Lipinski definition) is 26. The minimum absolute atomic E-state index is 0.0975. The molecular formula is C96H214N10O15S10. The lowest BCUT2D eigenvalue weighted by atomic mass is 10.1. The largest absolute Gasteiger partial charge is 0.316 e. The van der Waals surface area contributed by atoms with Crippen molar-refractivity contribution in [2.75, 3.05) is 279 Å². The standard InChI is InChI=1S/C11H25NO2S.C10H21NO2S.2C10H23NO2S.C10H23NOS.C9H19NO2S.C9H21NO2S.C9H19NOS.C9H21NOS.C9H19NS/c1-5-12(8-7-11(3)4)9-10-15(13,14)6-2;1-9(2)4-6-11-7-5-10(8-11)14(3,12)13;1-5-11(7-6-10(2)3)8-9-14(4,12)13;1-5-14(12,13)9-8-11(4)7-6-10(2)3;1-5-13(12)9-8-11(4)7-6-10(2)3;1-8(2)4-5-10-6-9(7-10)13(3,11)12;1-4-13(11,12)8-7-10-6-5-9(2)3;1-8(2)4-5-10-6-9(7-10)12(3)11;1-4-12(11)8-7-10-6-5-9(2)3;1-8(2)4-5-10-6-9(7-10)11-3/h11H,5-10H2,1-4H3;9-10H,4-8H2,1-3H3;2*10H,5-9H2,1-4H3;10H,5-9H2,1-4H3;8-9H,4-7H2,1-3H3;9-10H,4-8H2,1-3H3;8-9H,4-7H2,1-3H3;9-10H,4-8H2,1-3H3;8-9H,4-7H2,1-3H3. The van der Waals surface area contributed by atoms with E-state index in [-0.39, 0.29) is 45.0 Å². The maximum Gasteiger partial charge on any atom is 0.152 e. The van der Waals surface area contributed by atoms with Crippen LogP contribution >= 0.6 is 11.8 Å². The van der Waals surface area contributed by atoms with Gasteiger partial charge in [-0.3, -0.25) is 12.6 Å². The molecule has 0 bridgehead atoms. The van der Waals surface area contributed by atoms with Gasteiger partial charge in [0.25, 0.3) is 0 Å². The van der Waals surface area contributed by atoms with Crippen molar-refractivity contribution in [3.63, 3.8) is 0 Å². The second-order valence-electron chi connectivity index (χ2n) is 40.8. The summed E-state index contributed by atoms with van der Waals surface area (Å²) in [6, 6.07) is 0. The summed E-state index contributed by atoms with van der Waals surface area (Å²) < 4.78 is 167. The molecule has 0 amide bonds. The van der Waals surface area contributed by atoms with Gasteiger partial charge in [0, 0.05) is 188 Å². The van der Waals surface area contributed by atoms with Crippen molar-refractivity contribution in [3.05, 3.63) is 0 Å². The zero-order chi connectivity index (χ0) is 102. The molecule has 4 saturated heterocycles. The Morgan fingerprint density at radius 3 is 0.992 bits per heavy atom. The van der Waals surface area contributed by atoms with E-state index in [0.29, 0.717) is 72.7 Å². The predicted molar refractivity (Wildman–Crippen MR) is 582 cm³/mol. The topological polar surface area (TPSA) is 306 Å². The van der Waals surface area contributed by atoms with Gasteiger partial charge in [0.2, 0.25) is 0 Å². The van der Waals surface area contributed by atoms with Crippen LogP contribution in [0.1, 0.15) is 258 Å². The summed E-state index contributed by atoms with van der Waals surface area (Å²) in [6.45, 7) is 82.3. The van der Waals surface area contributed by atoms with Crippen molar-refractivity contribution < 1.29 is 63.1 Å². The van der Waals surface area contributed by atoms with Gasteiger partial charge in [-0.25, -0.2) is 50.5 Å². The smallest absolute Gasteiger partial charge is 0.152 e. The average molecular weight is 2070 g/mol. The van der Waals surface area contributed by atoms with E-state index in [2.05, 4.69) is 215 Å². The van der Waals surface area contributed by atoms with Crippen molar-refractivity contribution in [2.45, 2.75) is 279 Å². The molecule has 0 aromatic rings. The number of nitrogens with zero attached hydrogens (tertiary/aromatic N) is 8. The van der Waals surface area contributed by atoms with Crippen LogP contribution < -0.4 is 10.6 Å². The minimum Gasteiger partial charge on any atom is -0.316 e. The van der Waals surface area contributed by atoms with Crippen LogP contribution in [0.4, 0.5) is 0 Å². The maximum absolute atomic E-state index is 11.3. The molecule has 4 rings (SSSR count). The van der Waals surface area contributed by atoms with Crippen LogP contribution in [0.25, 0.3) is 0 Å². The highest BCUT2D eigenvalue weighted by Crippen LogP contribution is 2.22. The first-order valence-corrected chi connectivity index (χ1v) is 67.6. The number of rotatable bonds is 59. The minimum atomic E-state index is -2.82. The molecule has 0 aromatic heterocycles. The summed E-state index contributed by atoms with van der Waals surface area (Å²) in [6.07, 6.45) is 20.7. The lowest BCUT2D eigenvalue weighted by Crippen LogP contribution is -2.54. The third kappa shape index (κ3) is 97.3. The molecule has 0 aliphatic carbocycles. The van der Waals surface area contributed by atoms with E-state index in [1.54, 1.807) is 20.8 Å². The summed E-state index contributed by atoms with van der Waals surface area (Å²) in [4.78, 5) is 18.2. The highest BCUT2D eigenvalue weighted by Gasteiger charge is 2.34. The fraction of sp³-hybridized carbons (Fsp3) is 1.00. The lowest BCUT2D eigenvalue weighted by Gasteiger charge is -2.38. The molecular weight excluding hydrogens is 1850 g/mol. The van der Waals surface area contributed by atoms with E-state index in [1.165, 1.54) is 70.6 Å². The Kier molecular flexibility index (Phi) is 89.3. The van der Waals surface area contributed by atoms with Crippen LogP contribution in [0, 0.1) is 59.2 Å². The Labute approximate surface area is 826 Å². The van der Waals surface area contributed by atoms with Crippen molar-refractivity contribution in [1.29, 1.82) is 0 Å². The van der Waals surface area contributed by atoms with E-state index in [0.717, 1.165) is 215 Å². The van der Waals surface area contributed by atoms with Gasteiger partial charge >= 0.3 is 0 Å². The summed E-state index contributed by atoms with van der Waals surface area (Å²) in [5.41, 5.74) is 0. The van der Waals surface area contributed by atoms with E-state index < -0.39 is 91.4 Å². The van der Waals surface area contributed by atoms with Crippen LogP contribution in [0.5, 0.6) is 0 Å². The predicted octanol–water partition coefficient (Wildman–Crippen LogP) is 13.9. The van der Waals surface area contributed by atoms with Gasteiger partial charge < -0.3 is 49.8 Å². The lowest BCUT2D eigenvalue weighted by molar-refractivity contribution is 0.175. The van der Waals surface area contributed by atoms with Crippen LogP contribution in [-0.4, -0.2) is 402 Å². The van der Waals surface area contributed by atoms with Crippen LogP contribution in [0.15, 0.2) is 0 Å². The fourth-order valence-corrected chi connectivity index (χ4v) is 20.1. The molecule has 25 nitrogen and oxygen atoms in total. The zero-order valence-corrected chi connectivity index (χ0v) is 99.0. The molecule has 4 aliphatic heterocycles. The Balaban J connectivity index is -0.000000332. The van der Waals surface area contributed by atoms with Crippen LogP contribution in [0.3, 0.4) is 0 Å². The Morgan fingerprint density at radius 2 is 0.664 bits per heavy atom. The fourth-order valence-electron chi connectivity index (χ4n) is 12.1. The van der Waals surface area contributed by atoms with Gasteiger partial charge in [-0.15, -0.1) is 0 Å². The van der Waals surface area contributed by atoms with E-state index in [4.69, 9.17) is 0 Å². The second-order valence-corrected chi connectivity index (χ2v) is 61.6. The molecule has 35 heteroatoms. The molecule has 2 N–H and O–H groups in total. The third-order valence-corrected chi connectivity index (χ3v) is 36.9. The average Bonchev–Trinajstić information content (AvgIpc) is 1.56. The first-order valence-electron chi connectivity index (χ1n) is 50.3. The van der Waals surface area contributed by atoms with E-state index in [1.807, 2.05) is 38.9 Å². The van der Waals surface area contributed by atoms with Gasteiger partial charge in [0.1, 0.15) is 9.84 Å². The number of likely N-dealkylation sites (tertiary alicyclic amines) is 4.